The Balaban J connectivity index is 1.77. The maximum absolute atomic E-state index is 6.49. The fourth-order valence-electron chi connectivity index (χ4n) is 3.30. The number of hydrogen-bond donors (Lipinski definition) is 0. The highest BCUT2D eigenvalue weighted by Crippen LogP contribution is 2.41. The molecule has 0 bridgehead atoms. The van der Waals surface area contributed by atoms with Crippen LogP contribution in [0.3, 0.4) is 0 Å². The van der Waals surface area contributed by atoms with Crippen LogP contribution in [0.5, 0.6) is 5.75 Å². The maximum atomic E-state index is 6.49. The van der Waals surface area contributed by atoms with Crippen molar-refractivity contribution in [3.63, 3.8) is 0 Å². The Morgan fingerprint density at radius 3 is 2.39 bits per heavy atom. The Kier molecular flexibility index (Phi) is 5.63. The second-order valence-electron chi connectivity index (χ2n) is 6.49. The average molecular weight is 476 g/mol. The smallest absolute Gasteiger partial charge is 0.118 e. The summed E-state index contributed by atoms with van der Waals surface area (Å²) in [6, 6.07) is 21.7. The van der Waals surface area contributed by atoms with Gasteiger partial charge in [0.15, 0.2) is 0 Å². The van der Waals surface area contributed by atoms with E-state index in [1.54, 1.807) is 19.2 Å². The third kappa shape index (κ3) is 3.90. The van der Waals surface area contributed by atoms with Crippen LogP contribution in [0.1, 0.15) is 23.6 Å². The van der Waals surface area contributed by atoms with Crippen molar-refractivity contribution < 1.29 is 4.74 Å². The predicted molar refractivity (Wildman–Crippen MR) is 120 cm³/mol. The third-order valence-electron chi connectivity index (χ3n) is 4.74. The van der Waals surface area contributed by atoms with Crippen LogP contribution in [0.4, 0.5) is 5.69 Å². The molecule has 0 saturated carbocycles. The Labute approximate surface area is 182 Å². The monoisotopic (exact) mass is 474 g/mol. The minimum absolute atomic E-state index is 0.0289. The number of hydrazone groups is 1. The molecule has 0 amide bonds. The molecule has 1 heterocycles. The molecule has 0 aliphatic carbocycles. The zero-order valence-corrected chi connectivity index (χ0v) is 18.2. The van der Waals surface area contributed by atoms with Crippen molar-refractivity contribution in [3.05, 3.63) is 92.4 Å². The van der Waals surface area contributed by atoms with E-state index in [2.05, 4.69) is 28.1 Å². The summed E-state index contributed by atoms with van der Waals surface area (Å²) in [4.78, 5) is 0. The molecule has 3 aromatic rings. The predicted octanol–water partition coefficient (Wildman–Crippen LogP) is 7.12. The molecular formula is C22H17BrCl2N2O. The summed E-state index contributed by atoms with van der Waals surface area (Å²) in [6.07, 6.45) is 0.761. The Bertz CT molecular complexity index is 1020. The van der Waals surface area contributed by atoms with Gasteiger partial charge in [0.1, 0.15) is 5.75 Å². The van der Waals surface area contributed by atoms with Gasteiger partial charge in [-0.25, -0.2) is 0 Å². The molecule has 142 valence electrons. The molecule has 1 atom stereocenters. The second kappa shape index (κ2) is 8.16. The summed E-state index contributed by atoms with van der Waals surface area (Å²) < 4.78 is 6.31. The van der Waals surface area contributed by atoms with Gasteiger partial charge in [-0.3, -0.25) is 5.01 Å². The van der Waals surface area contributed by atoms with Gasteiger partial charge in [0.25, 0.3) is 0 Å². The summed E-state index contributed by atoms with van der Waals surface area (Å²) in [6.45, 7) is 0. The first kappa shape index (κ1) is 19.3. The average Bonchev–Trinajstić information content (AvgIpc) is 3.15. The molecule has 0 fully saturated rings. The van der Waals surface area contributed by atoms with Crippen LogP contribution in [-0.4, -0.2) is 12.8 Å². The van der Waals surface area contributed by atoms with Gasteiger partial charge < -0.3 is 4.74 Å². The third-order valence-corrected chi connectivity index (χ3v) is 5.83. The van der Waals surface area contributed by atoms with E-state index < -0.39 is 0 Å². The molecule has 0 unspecified atom stereocenters. The van der Waals surface area contributed by atoms with E-state index in [0.717, 1.165) is 39.2 Å². The van der Waals surface area contributed by atoms with Gasteiger partial charge in [0.05, 0.1) is 29.6 Å². The fraction of sp³-hybridized carbons (Fsp3) is 0.136. The van der Waals surface area contributed by atoms with Crippen molar-refractivity contribution in [2.24, 2.45) is 5.10 Å². The van der Waals surface area contributed by atoms with Crippen LogP contribution in [0.2, 0.25) is 10.0 Å². The van der Waals surface area contributed by atoms with Crippen LogP contribution in [0.25, 0.3) is 0 Å². The molecule has 28 heavy (non-hydrogen) atoms. The topological polar surface area (TPSA) is 24.8 Å². The maximum Gasteiger partial charge on any atom is 0.118 e. The van der Waals surface area contributed by atoms with Gasteiger partial charge in [-0.2, -0.15) is 5.10 Å². The number of benzene rings is 3. The van der Waals surface area contributed by atoms with Crippen molar-refractivity contribution in [1.29, 1.82) is 0 Å². The molecule has 0 spiro atoms. The van der Waals surface area contributed by atoms with Crippen molar-refractivity contribution in [1.82, 2.24) is 0 Å². The number of anilines is 1. The summed E-state index contributed by atoms with van der Waals surface area (Å²) in [5.41, 5.74) is 4.01. The van der Waals surface area contributed by atoms with E-state index >= 15 is 0 Å². The molecule has 0 radical (unpaired) electrons. The minimum Gasteiger partial charge on any atom is -0.497 e. The second-order valence-corrected chi connectivity index (χ2v) is 8.25. The fourth-order valence-corrected chi connectivity index (χ4v) is 3.93. The highest BCUT2D eigenvalue weighted by atomic mass is 79.9. The van der Waals surface area contributed by atoms with E-state index in [1.807, 2.05) is 47.5 Å². The quantitative estimate of drug-likeness (QED) is 0.401. The molecule has 0 saturated heterocycles. The van der Waals surface area contributed by atoms with E-state index in [1.165, 1.54) is 0 Å². The first-order valence-corrected chi connectivity index (χ1v) is 10.3. The van der Waals surface area contributed by atoms with Gasteiger partial charge in [-0.1, -0.05) is 51.3 Å². The van der Waals surface area contributed by atoms with Crippen LogP contribution in [-0.2, 0) is 0 Å². The van der Waals surface area contributed by atoms with Crippen molar-refractivity contribution in [2.75, 3.05) is 12.1 Å². The summed E-state index contributed by atoms with van der Waals surface area (Å²) in [7, 11) is 1.66. The summed E-state index contributed by atoms with van der Waals surface area (Å²) >= 11 is 16.2. The Morgan fingerprint density at radius 2 is 1.71 bits per heavy atom. The zero-order chi connectivity index (χ0) is 19.7. The van der Waals surface area contributed by atoms with Gasteiger partial charge in [0.2, 0.25) is 0 Å². The number of methoxy groups -OCH3 is 1. The highest BCUT2D eigenvalue weighted by molar-refractivity contribution is 9.10. The van der Waals surface area contributed by atoms with E-state index in [4.69, 9.17) is 33.0 Å². The van der Waals surface area contributed by atoms with Crippen LogP contribution in [0.15, 0.2) is 76.3 Å². The minimum atomic E-state index is 0.0289. The van der Waals surface area contributed by atoms with Crippen molar-refractivity contribution in [3.8, 4) is 5.75 Å². The lowest BCUT2D eigenvalue weighted by molar-refractivity contribution is 0.415. The normalized spacial score (nSPS) is 16.2. The first-order valence-electron chi connectivity index (χ1n) is 8.77. The van der Waals surface area contributed by atoms with Gasteiger partial charge in [-0.05, 0) is 65.7 Å². The molecule has 1 aliphatic heterocycles. The molecule has 3 nitrogen and oxygen atoms in total. The first-order chi connectivity index (χ1) is 13.5. The standard InChI is InChI=1S/C22H17BrCl2N2O/c1-28-18-9-4-14(5-10-18)20-13-21(15-2-6-16(23)7-3-15)27(26-20)22-12-17(24)8-11-19(22)25/h2-12,21H,13H2,1H3/t21-/m0/s1. The SMILES string of the molecule is COc1ccc(C2=NN(c3cc(Cl)ccc3Cl)[C@H](c3ccc(Br)cc3)C2)cc1. The van der Waals surface area contributed by atoms with Gasteiger partial charge in [0, 0.05) is 15.9 Å². The largest absolute Gasteiger partial charge is 0.497 e. The lowest BCUT2D eigenvalue weighted by Gasteiger charge is -2.25. The molecule has 0 N–H and O–H groups in total. The van der Waals surface area contributed by atoms with E-state index in [9.17, 15) is 0 Å². The molecule has 0 aromatic heterocycles. The number of nitrogens with zero attached hydrogens (tertiary/aromatic N) is 2. The lowest BCUT2D eigenvalue weighted by atomic mass is 9.98. The summed E-state index contributed by atoms with van der Waals surface area (Å²) in [5, 5.41) is 8.13. The van der Waals surface area contributed by atoms with Crippen LogP contribution in [0, 0.1) is 0 Å². The highest BCUT2D eigenvalue weighted by Gasteiger charge is 2.31. The molecule has 1 aliphatic rings. The van der Waals surface area contributed by atoms with E-state index in [-0.39, 0.29) is 6.04 Å². The van der Waals surface area contributed by atoms with Crippen molar-refractivity contribution in [2.45, 2.75) is 12.5 Å². The zero-order valence-electron chi connectivity index (χ0n) is 15.1. The van der Waals surface area contributed by atoms with Crippen LogP contribution >= 0.6 is 39.1 Å². The Hall–Kier alpha value is -2.01. The molecule has 4 rings (SSSR count). The number of hydrogen-bond acceptors (Lipinski definition) is 3. The number of ether oxygens (including phenoxy) is 1. The van der Waals surface area contributed by atoms with E-state index in [0.29, 0.717) is 10.0 Å². The van der Waals surface area contributed by atoms with Gasteiger partial charge >= 0.3 is 0 Å². The number of halogens is 3. The lowest BCUT2D eigenvalue weighted by Crippen LogP contribution is -2.18. The number of rotatable bonds is 4. The molecular weight excluding hydrogens is 459 g/mol. The Morgan fingerprint density at radius 1 is 1.00 bits per heavy atom. The van der Waals surface area contributed by atoms with Gasteiger partial charge in [-0.15, -0.1) is 0 Å². The van der Waals surface area contributed by atoms with Crippen LogP contribution < -0.4 is 9.75 Å². The van der Waals surface area contributed by atoms with Crippen molar-refractivity contribution >= 4 is 50.5 Å². The molecule has 3 aromatic carbocycles. The summed E-state index contributed by atoms with van der Waals surface area (Å²) in [5.74, 6) is 0.821. The molecule has 6 heteroatoms.